The van der Waals surface area contributed by atoms with Gasteiger partial charge in [0, 0.05) is 17.1 Å². The third-order valence-electron chi connectivity index (χ3n) is 0. The second-order valence-electron chi connectivity index (χ2n) is 0.0913. The molecular formula is CHFeS2-. The minimum atomic E-state index is 0. The Hall–Kier alpha value is 0.959. The zero-order chi connectivity index (χ0) is 2.71. The maximum atomic E-state index is 4.01. The second-order valence-corrected chi connectivity index (χ2v) is 0.822. The molecule has 0 N–H and O–H groups in total. The van der Waals surface area contributed by atoms with Crippen molar-refractivity contribution in [3.8, 4) is 0 Å². The van der Waals surface area contributed by atoms with Gasteiger partial charge >= 0.3 is 0 Å². The molecule has 0 radical (unpaired) electrons. The van der Waals surface area contributed by atoms with Crippen LogP contribution >= 0.6 is 24.8 Å². The fourth-order valence-electron chi connectivity index (χ4n) is 0. The Balaban J connectivity index is 0. The molecule has 26 valence electrons. The number of rotatable bonds is 0. The van der Waals surface area contributed by atoms with Crippen molar-refractivity contribution in [3.63, 3.8) is 0 Å². The van der Waals surface area contributed by atoms with Gasteiger partial charge in [-0.05, 0) is 0 Å². The molecule has 0 saturated carbocycles. The Morgan fingerprint density at radius 2 is 1.75 bits per heavy atom. The molecule has 0 fully saturated rings. The van der Waals surface area contributed by atoms with E-state index in [1.54, 1.807) is 0 Å². The van der Waals surface area contributed by atoms with E-state index >= 15 is 0 Å². The summed E-state index contributed by atoms with van der Waals surface area (Å²) in [5, 5.41) is 0. The quantitative estimate of drug-likeness (QED) is 0.220. The molecule has 0 aliphatic heterocycles. The molecule has 0 heterocycles. The summed E-state index contributed by atoms with van der Waals surface area (Å²) < 4.78 is 2.03. The minimum Gasteiger partial charge on any atom is -0.364 e. The Bertz CT molecular complexity index is 13.5. The van der Waals surface area contributed by atoms with Crippen molar-refractivity contribution >= 4 is 29.5 Å². The summed E-state index contributed by atoms with van der Waals surface area (Å²) in [6.45, 7) is 0. The van der Waals surface area contributed by atoms with Crippen molar-refractivity contribution in [2.45, 2.75) is 0 Å². The third kappa shape index (κ3) is 12.3. The Labute approximate surface area is 46.8 Å². The van der Waals surface area contributed by atoms with Crippen molar-refractivity contribution in [2.24, 2.45) is 0 Å². The smallest absolute Gasteiger partial charge is 0 e. The topological polar surface area (TPSA) is 0 Å². The van der Waals surface area contributed by atoms with Crippen LogP contribution in [-0.4, -0.2) is 4.70 Å². The van der Waals surface area contributed by atoms with E-state index < -0.39 is 0 Å². The molecule has 0 atom stereocenters. The van der Waals surface area contributed by atoms with Crippen molar-refractivity contribution in [3.05, 3.63) is 0 Å². The van der Waals surface area contributed by atoms with Gasteiger partial charge in [0.2, 0.25) is 0 Å². The minimum absolute atomic E-state index is 0. The molecule has 0 rings (SSSR count). The van der Waals surface area contributed by atoms with E-state index in [9.17, 15) is 0 Å². The Morgan fingerprint density at radius 1 is 1.75 bits per heavy atom. The molecule has 0 amide bonds. The largest absolute Gasteiger partial charge is 0.364 e. The first kappa shape index (κ1) is 8.88. The first-order valence-corrected chi connectivity index (χ1v) is 1.28. The van der Waals surface area contributed by atoms with Crippen LogP contribution in [0.3, 0.4) is 0 Å². The van der Waals surface area contributed by atoms with E-state index in [0.717, 1.165) is 0 Å². The van der Waals surface area contributed by atoms with Gasteiger partial charge < -0.3 is 29.5 Å². The molecule has 0 bridgehead atoms. The van der Waals surface area contributed by atoms with Crippen molar-refractivity contribution in [1.29, 1.82) is 0 Å². The molecule has 0 aromatic carbocycles. The maximum absolute atomic E-state index is 4.01. The molecule has 0 saturated heterocycles. The van der Waals surface area contributed by atoms with E-state index in [-0.39, 0.29) is 17.1 Å². The van der Waals surface area contributed by atoms with Crippen LogP contribution in [0.25, 0.3) is 0 Å². The molecule has 0 unspecified atom stereocenters. The average molecular weight is 133 g/mol. The first-order chi connectivity index (χ1) is 1.41. The van der Waals surface area contributed by atoms with Gasteiger partial charge in [0.15, 0.2) is 0 Å². The number of hydrogen-bond acceptors (Lipinski definition) is 1. The summed E-state index contributed by atoms with van der Waals surface area (Å²) in [5.74, 6) is 0. The number of hydrogen-bond donors (Lipinski definition) is 1. The molecule has 0 nitrogen and oxygen atoms in total. The summed E-state index contributed by atoms with van der Waals surface area (Å²) in [6.07, 6.45) is 0. The van der Waals surface area contributed by atoms with Gasteiger partial charge in [-0.2, -0.15) is 0 Å². The molecular weight excluding hydrogens is 132 g/mol. The zero-order valence-electron chi connectivity index (χ0n) is 1.71. The number of thiocarbonyl (C=S) groups is 1. The molecule has 0 spiro atoms. The first-order valence-electron chi connectivity index (χ1n) is 0.428. The van der Waals surface area contributed by atoms with Gasteiger partial charge in [-0.15, -0.1) is 0 Å². The monoisotopic (exact) mass is 133 g/mol. The normalized spacial score (nSPS) is 3.25. The van der Waals surface area contributed by atoms with Gasteiger partial charge in [-0.1, -0.05) is 0 Å². The van der Waals surface area contributed by atoms with Crippen LogP contribution < -0.4 is 0 Å². The molecule has 3 heteroatoms. The van der Waals surface area contributed by atoms with Crippen molar-refractivity contribution < 1.29 is 17.1 Å². The Morgan fingerprint density at radius 3 is 1.75 bits per heavy atom. The summed E-state index contributed by atoms with van der Waals surface area (Å²) in [6, 6.07) is 0. The second kappa shape index (κ2) is 9.03. The molecule has 0 aromatic rings. The zero-order valence-corrected chi connectivity index (χ0v) is 4.52. The fraction of sp³-hybridized carbons (Fsp3) is 0. The predicted molar refractivity (Wildman–Crippen MR) is 21.6 cm³/mol. The third-order valence-corrected chi connectivity index (χ3v) is 0. The van der Waals surface area contributed by atoms with Crippen LogP contribution in [0.1, 0.15) is 0 Å². The summed E-state index contributed by atoms with van der Waals surface area (Å²) in [4.78, 5) is 0. The van der Waals surface area contributed by atoms with Crippen molar-refractivity contribution in [1.82, 2.24) is 0 Å². The fourth-order valence-corrected chi connectivity index (χ4v) is 0. The van der Waals surface area contributed by atoms with Crippen LogP contribution in [0.4, 0.5) is 0 Å². The molecule has 0 aromatic heterocycles. The van der Waals surface area contributed by atoms with E-state index in [0.29, 0.717) is 0 Å². The van der Waals surface area contributed by atoms with Crippen LogP contribution in [-0.2, 0) is 17.1 Å². The van der Waals surface area contributed by atoms with E-state index in [1.165, 1.54) is 0 Å². The van der Waals surface area contributed by atoms with Gasteiger partial charge in [-0.3, -0.25) is 0 Å². The predicted octanol–water partition coefficient (Wildman–Crippen LogP) is 0.748. The van der Waals surface area contributed by atoms with Crippen LogP contribution in [0, 0.1) is 0 Å². The average Bonchev–Trinajstić information content (AvgIpc) is 0.918. The van der Waals surface area contributed by atoms with Gasteiger partial charge in [-0.25, -0.2) is 0 Å². The number of thiol groups is 1. The van der Waals surface area contributed by atoms with Gasteiger partial charge in [0.25, 0.3) is 0 Å². The van der Waals surface area contributed by atoms with Crippen LogP contribution in [0.2, 0.25) is 0 Å². The SMILES string of the molecule is S=[C-]S.[Fe]. The van der Waals surface area contributed by atoms with Gasteiger partial charge in [0.05, 0.1) is 0 Å². The summed E-state index contributed by atoms with van der Waals surface area (Å²) in [7, 11) is 0. The van der Waals surface area contributed by atoms with Gasteiger partial charge in [0.1, 0.15) is 0 Å². The van der Waals surface area contributed by atoms with E-state index in [2.05, 4.69) is 24.8 Å². The van der Waals surface area contributed by atoms with E-state index in [4.69, 9.17) is 0 Å². The molecule has 0 aliphatic rings. The maximum Gasteiger partial charge on any atom is 0 e. The summed E-state index contributed by atoms with van der Waals surface area (Å²) >= 11 is 7.36. The summed E-state index contributed by atoms with van der Waals surface area (Å²) in [5.41, 5.74) is 0. The van der Waals surface area contributed by atoms with Crippen molar-refractivity contribution in [2.75, 3.05) is 0 Å². The standard InChI is InChI=1S/CHS2.Fe/c2-1-3;/h(H,2,3);/q-1;. The van der Waals surface area contributed by atoms with E-state index in [1.807, 2.05) is 4.70 Å². The molecule has 0 aliphatic carbocycles. The molecule has 4 heavy (non-hydrogen) atoms. The van der Waals surface area contributed by atoms with Crippen LogP contribution in [0.5, 0.6) is 0 Å². The Kier molecular flexibility index (Phi) is 20.0. The van der Waals surface area contributed by atoms with Crippen LogP contribution in [0.15, 0.2) is 0 Å².